The molecule has 0 heterocycles. The van der Waals surface area contributed by atoms with Crippen molar-refractivity contribution in [2.45, 2.75) is 52.0 Å². The molecule has 0 aliphatic rings. The number of hydrogen-bond donors (Lipinski definition) is 1. The fraction of sp³-hybridized carbons (Fsp3) is 0.257. The number of ether oxygens (including phenoxy) is 4. The van der Waals surface area contributed by atoms with Crippen molar-refractivity contribution in [2.24, 2.45) is 0 Å². The van der Waals surface area contributed by atoms with Crippen LogP contribution in [0.15, 0.2) is 97.1 Å². The number of methoxy groups -OCH3 is 1. The van der Waals surface area contributed by atoms with Gasteiger partial charge in [0, 0.05) is 21.1 Å². The maximum Gasteiger partial charge on any atom is 0.408 e. The summed E-state index contributed by atoms with van der Waals surface area (Å²) in [7, 11) is 1.29. The van der Waals surface area contributed by atoms with Crippen LogP contribution in [0.5, 0.6) is 11.5 Å². The Labute approximate surface area is 266 Å². The summed E-state index contributed by atoms with van der Waals surface area (Å²) in [6, 6.07) is 30.7. The third-order valence-corrected chi connectivity index (χ3v) is 7.04. The Morgan fingerprint density at radius 2 is 1.28 bits per heavy atom. The molecule has 224 valence electrons. The monoisotopic (exact) mass is 693 g/mol. The zero-order chi connectivity index (χ0) is 30.8. The lowest BCUT2D eigenvalue weighted by Crippen LogP contribution is -2.45. The molecule has 0 saturated carbocycles. The van der Waals surface area contributed by atoms with Crippen molar-refractivity contribution in [3.05, 3.63) is 117 Å². The number of hydrogen-bond acceptors (Lipinski definition) is 6. The first-order valence-corrected chi connectivity index (χ1v) is 15.0. The van der Waals surface area contributed by atoms with Crippen LogP contribution in [-0.4, -0.2) is 30.8 Å². The quantitative estimate of drug-likeness (QED) is 0.128. The summed E-state index contributed by atoms with van der Waals surface area (Å²) in [5, 5.41) is 2.66. The van der Waals surface area contributed by atoms with Crippen molar-refractivity contribution in [3.8, 4) is 22.6 Å². The highest BCUT2D eigenvalue weighted by Crippen LogP contribution is 2.39. The second-order valence-corrected chi connectivity index (χ2v) is 12.2. The topological polar surface area (TPSA) is 83.1 Å². The highest BCUT2D eigenvalue weighted by Gasteiger charge is 2.26. The summed E-state index contributed by atoms with van der Waals surface area (Å²) >= 11 is 2.28. The molecule has 0 aromatic heterocycles. The second kappa shape index (κ2) is 14.9. The Morgan fingerprint density at radius 1 is 0.744 bits per heavy atom. The minimum absolute atomic E-state index is 0.183. The molecule has 0 saturated heterocycles. The molecular formula is C35H36INO6. The number of rotatable bonds is 11. The van der Waals surface area contributed by atoms with Gasteiger partial charge < -0.3 is 24.3 Å². The third-order valence-electron chi connectivity index (χ3n) is 6.37. The lowest BCUT2D eigenvalue weighted by Gasteiger charge is -2.23. The minimum Gasteiger partial charge on any atom is -0.488 e. The summed E-state index contributed by atoms with van der Waals surface area (Å²) in [6.45, 7) is 6.07. The molecule has 0 fully saturated rings. The van der Waals surface area contributed by atoms with Gasteiger partial charge in [-0.2, -0.15) is 0 Å². The van der Waals surface area contributed by atoms with Crippen LogP contribution < -0.4 is 14.8 Å². The van der Waals surface area contributed by atoms with Crippen LogP contribution in [0.4, 0.5) is 4.79 Å². The van der Waals surface area contributed by atoms with Gasteiger partial charge in [-0.1, -0.05) is 66.7 Å². The molecule has 0 aliphatic heterocycles. The standard InChI is InChI=1S/C35H36INO6/c1-35(2,3)43-34(39)37-30(33(38)40-4)20-26-15-17-31(41-22-24-11-7-5-8-12-24)28(19-26)29-21-27(36)16-18-32(29)42-23-25-13-9-6-10-14-25/h5-19,21,30H,20,22-23H2,1-4H3,(H,37,39)/t30-/m0/s1. The fourth-order valence-electron chi connectivity index (χ4n) is 4.37. The summed E-state index contributed by atoms with van der Waals surface area (Å²) in [4.78, 5) is 25.2. The van der Waals surface area contributed by atoms with Crippen LogP contribution in [0, 0.1) is 3.57 Å². The van der Waals surface area contributed by atoms with E-state index < -0.39 is 23.7 Å². The van der Waals surface area contributed by atoms with Gasteiger partial charge in [0.15, 0.2) is 0 Å². The average molecular weight is 694 g/mol. The zero-order valence-corrected chi connectivity index (χ0v) is 26.9. The smallest absolute Gasteiger partial charge is 0.408 e. The van der Waals surface area contributed by atoms with Gasteiger partial charge in [0.1, 0.15) is 36.4 Å². The van der Waals surface area contributed by atoms with E-state index in [0.29, 0.717) is 24.7 Å². The Balaban J connectivity index is 1.69. The summed E-state index contributed by atoms with van der Waals surface area (Å²) in [6.07, 6.45) is -0.512. The van der Waals surface area contributed by atoms with Gasteiger partial charge in [-0.05, 0) is 90.4 Å². The van der Waals surface area contributed by atoms with Crippen molar-refractivity contribution in [2.75, 3.05) is 7.11 Å². The molecule has 0 aliphatic carbocycles. The molecule has 4 aromatic rings. The van der Waals surface area contributed by atoms with Crippen LogP contribution >= 0.6 is 22.6 Å². The molecule has 0 unspecified atom stereocenters. The number of alkyl carbamates (subject to hydrolysis) is 1. The fourth-order valence-corrected chi connectivity index (χ4v) is 4.86. The highest BCUT2D eigenvalue weighted by molar-refractivity contribution is 14.1. The predicted molar refractivity (Wildman–Crippen MR) is 175 cm³/mol. The van der Waals surface area contributed by atoms with Gasteiger partial charge in [0.25, 0.3) is 0 Å². The Hall–Kier alpha value is -4.05. The van der Waals surface area contributed by atoms with Gasteiger partial charge in [-0.3, -0.25) is 0 Å². The molecule has 0 spiro atoms. The average Bonchev–Trinajstić information content (AvgIpc) is 2.99. The summed E-state index contributed by atoms with van der Waals surface area (Å²) < 4.78 is 24.1. The maximum absolute atomic E-state index is 12.7. The Bertz CT molecular complexity index is 1520. The Kier molecular flexibility index (Phi) is 11.1. The van der Waals surface area contributed by atoms with E-state index in [4.69, 9.17) is 18.9 Å². The highest BCUT2D eigenvalue weighted by atomic mass is 127. The molecule has 1 amide bonds. The molecule has 8 heteroatoms. The first-order chi connectivity index (χ1) is 20.6. The van der Waals surface area contributed by atoms with Crippen LogP contribution in [0.3, 0.4) is 0 Å². The maximum atomic E-state index is 12.7. The minimum atomic E-state index is -0.950. The second-order valence-electron chi connectivity index (χ2n) is 10.9. The predicted octanol–water partition coefficient (Wildman–Crippen LogP) is 7.73. The van der Waals surface area contributed by atoms with Crippen molar-refractivity contribution < 1.29 is 28.5 Å². The number of esters is 1. The molecule has 7 nitrogen and oxygen atoms in total. The van der Waals surface area contributed by atoms with E-state index in [-0.39, 0.29) is 6.42 Å². The van der Waals surface area contributed by atoms with E-state index in [1.807, 2.05) is 97.1 Å². The molecule has 0 radical (unpaired) electrons. The lowest BCUT2D eigenvalue weighted by molar-refractivity contribution is -0.143. The number of halogens is 1. The van der Waals surface area contributed by atoms with Crippen molar-refractivity contribution >= 4 is 34.7 Å². The number of carbonyl (C=O) groups excluding carboxylic acids is 2. The summed E-state index contributed by atoms with van der Waals surface area (Å²) in [5.74, 6) is 0.786. The number of benzene rings is 4. The first-order valence-electron chi connectivity index (χ1n) is 13.9. The van der Waals surface area contributed by atoms with Gasteiger partial charge >= 0.3 is 12.1 Å². The molecule has 0 bridgehead atoms. The van der Waals surface area contributed by atoms with E-state index in [1.165, 1.54) is 7.11 Å². The van der Waals surface area contributed by atoms with Crippen LogP contribution in [0.2, 0.25) is 0 Å². The SMILES string of the molecule is COC(=O)[C@H](Cc1ccc(OCc2ccccc2)c(-c2cc(I)ccc2OCc2ccccc2)c1)NC(=O)OC(C)(C)C. The van der Waals surface area contributed by atoms with Crippen LogP contribution in [-0.2, 0) is 33.9 Å². The number of carbonyl (C=O) groups is 2. The number of nitrogens with one attached hydrogen (secondary N) is 1. The summed E-state index contributed by atoms with van der Waals surface area (Å²) in [5.41, 5.74) is 3.82. The van der Waals surface area contributed by atoms with E-state index >= 15 is 0 Å². The van der Waals surface area contributed by atoms with E-state index in [1.54, 1.807) is 20.8 Å². The van der Waals surface area contributed by atoms with Crippen molar-refractivity contribution in [1.29, 1.82) is 0 Å². The van der Waals surface area contributed by atoms with Gasteiger partial charge in [-0.25, -0.2) is 9.59 Å². The van der Waals surface area contributed by atoms with Gasteiger partial charge in [0.05, 0.1) is 7.11 Å². The molecule has 43 heavy (non-hydrogen) atoms. The van der Waals surface area contributed by atoms with Gasteiger partial charge in [-0.15, -0.1) is 0 Å². The molecule has 1 N–H and O–H groups in total. The zero-order valence-electron chi connectivity index (χ0n) is 24.8. The molecular weight excluding hydrogens is 657 g/mol. The van der Waals surface area contributed by atoms with Crippen molar-refractivity contribution in [1.82, 2.24) is 5.32 Å². The van der Waals surface area contributed by atoms with Crippen LogP contribution in [0.1, 0.15) is 37.5 Å². The molecule has 1 atom stereocenters. The van der Waals surface area contributed by atoms with E-state index in [0.717, 1.165) is 31.4 Å². The van der Waals surface area contributed by atoms with E-state index in [9.17, 15) is 9.59 Å². The molecule has 4 aromatic carbocycles. The van der Waals surface area contributed by atoms with Crippen molar-refractivity contribution in [3.63, 3.8) is 0 Å². The van der Waals surface area contributed by atoms with Crippen LogP contribution in [0.25, 0.3) is 11.1 Å². The van der Waals surface area contributed by atoms with E-state index in [2.05, 4.69) is 27.9 Å². The molecule has 4 rings (SSSR count). The largest absolute Gasteiger partial charge is 0.488 e. The normalized spacial score (nSPS) is 11.7. The number of amides is 1. The third kappa shape index (κ3) is 9.74. The van der Waals surface area contributed by atoms with Gasteiger partial charge in [0.2, 0.25) is 0 Å². The first kappa shape index (κ1) is 31.9. The lowest BCUT2D eigenvalue weighted by atomic mass is 9.97. The Morgan fingerprint density at radius 3 is 1.81 bits per heavy atom.